The fraction of sp³-hybridized carbons (Fsp3) is 0.471. The smallest absolute Gasteiger partial charge is 0.0695 e. The van der Waals surface area contributed by atoms with Crippen LogP contribution in [0, 0.1) is 0 Å². The maximum absolute atomic E-state index is 4.47. The first-order valence-electron chi connectivity index (χ1n) is 7.68. The number of aryl methyl sites for hydroxylation is 2. The summed E-state index contributed by atoms with van der Waals surface area (Å²) in [5, 5.41) is 7.91. The molecule has 3 nitrogen and oxygen atoms in total. The van der Waals surface area contributed by atoms with Crippen molar-refractivity contribution in [2.24, 2.45) is 0 Å². The Kier molecular flexibility index (Phi) is 6.46. The summed E-state index contributed by atoms with van der Waals surface area (Å²) in [6, 6.07) is 11.0. The lowest BCUT2D eigenvalue weighted by Crippen LogP contribution is -2.21. The number of nitrogens with zero attached hydrogens (tertiary/aromatic N) is 2. The van der Waals surface area contributed by atoms with Crippen molar-refractivity contribution in [3.63, 3.8) is 0 Å². The standard InChI is InChI=1S/C17H24BrN3/c1-3-12-21-17(15(18)13-20-21)16(19-2)11-7-10-14-8-5-4-6-9-14/h4-6,8-9,13,16,19H,3,7,10-12H2,1-2H3. The highest BCUT2D eigenvalue weighted by atomic mass is 79.9. The number of hydrogen-bond acceptors (Lipinski definition) is 2. The van der Waals surface area contributed by atoms with Crippen molar-refractivity contribution in [2.45, 2.75) is 45.2 Å². The van der Waals surface area contributed by atoms with E-state index in [1.54, 1.807) is 0 Å². The first-order chi connectivity index (χ1) is 10.3. The van der Waals surface area contributed by atoms with Gasteiger partial charge in [-0.25, -0.2) is 0 Å². The maximum Gasteiger partial charge on any atom is 0.0695 e. The van der Waals surface area contributed by atoms with E-state index in [0.717, 1.165) is 30.3 Å². The van der Waals surface area contributed by atoms with Crippen LogP contribution in [0.5, 0.6) is 0 Å². The molecular formula is C17H24BrN3. The van der Waals surface area contributed by atoms with Gasteiger partial charge in [0.2, 0.25) is 0 Å². The highest BCUT2D eigenvalue weighted by molar-refractivity contribution is 9.10. The second kappa shape index (κ2) is 8.35. The van der Waals surface area contributed by atoms with Gasteiger partial charge < -0.3 is 5.32 Å². The van der Waals surface area contributed by atoms with Crippen molar-refractivity contribution >= 4 is 15.9 Å². The highest BCUT2D eigenvalue weighted by Gasteiger charge is 2.18. The molecule has 0 amide bonds. The largest absolute Gasteiger partial charge is 0.312 e. The SMILES string of the molecule is CCCn1ncc(Br)c1C(CCCc1ccccc1)NC. The van der Waals surface area contributed by atoms with E-state index >= 15 is 0 Å². The van der Waals surface area contributed by atoms with E-state index < -0.39 is 0 Å². The minimum Gasteiger partial charge on any atom is -0.312 e. The second-order valence-corrected chi connectivity index (χ2v) is 6.17. The third kappa shape index (κ3) is 4.42. The predicted molar refractivity (Wildman–Crippen MR) is 91.4 cm³/mol. The Balaban J connectivity index is 1.98. The first kappa shape index (κ1) is 16.2. The number of aromatic nitrogens is 2. The molecule has 0 saturated heterocycles. The van der Waals surface area contributed by atoms with Gasteiger partial charge in [-0.05, 0) is 54.2 Å². The van der Waals surface area contributed by atoms with Crippen LogP contribution in [0.3, 0.4) is 0 Å². The number of benzene rings is 1. The van der Waals surface area contributed by atoms with E-state index in [0.29, 0.717) is 6.04 Å². The summed E-state index contributed by atoms with van der Waals surface area (Å²) in [7, 11) is 2.03. The molecule has 0 aliphatic heterocycles. The molecule has 2 rings (SSSR count). The Morgan fingerprint density at radius 1 is 1.29 bits per heavy atom. The number of hydrogen-bond donors (Lipinski definition) is 1. The summed E-state index contributed by atoms with van der Waals surface area (Å²) in [5.41, 5.74) is 2.68. The molecule has 4 heteroatoms. The van der Waals surface area contributed by atoms with Crippen LogP contribution in [0.4, 0.5) is 0 Å². The molecule has 1 atom stereocenters. The normalized spacial score (nSPS) is 12.5. The van der Waals surface area contributed by atoms with Crippen LogP contribution in [-0.2, 0) is 13.0 Å². The molecule has 0 bridgehead atoms. The Bertz CT molecular complexity index is 536. The van der Waals surface area contributed by atoms with Gasteiger partial charge in [-0.2, -0.15) is 5.10 Å². The molecule has 0 aliphatic carbocycles. The van der Waals surface area contributed by atoms with Gasteiger partial charge in [0.05, 0.1) is 22.4 Å². The first-order valence-corrected chi connectivity index (χ1v) is 8.48. The quantitative estimate of drug-likeness (QED) is 0.768. The molecule has 1 N–H and O–H groups in total. The van der Waals surface area contributed by atoms with E-state index in [-0.39, 0.29) is 0 Å². The van der Waals surface area contributed by atoms with E-state index in [9.17, 15) is 0 Å². The number of rotatable bonds is 8. The topological polar surface area (TPSA) is 29.9 Å². The predicted octanol–water partition coefficient (Wildman–Crippen LogP) is 4.34. The van der Waals surface area contributed by atoms with Gasteiger partial charge in [-0.15, -0.1) is 0 Å². The van der Waals surface area contributed by atoms with Gasteiger partial charge in [-0.1, -0.05) is 37.3 Å². The van der Waals surface area contributed by atoms with Gasteiger partial charge in [0.1, 0.15) is 0 Å². The van der Waals surface area contributed by atoms with E-state index in [2.05, 4.69) is 68.3 Å². The maximum atomic E-state index is 4.47. The van der Waals surface area contributed by atoms with Crippen LogP contribution in [0.2, 0.25) is 0 Å². The summed E-state index contributed by atoms with van der Waals surface area (Å²) in [5.74, 6) is 0. The van der Waals surface area contributed by atoms with Gasteiger partial charge >= 0.3 is 0 Å². The lowest BCUT2D eigenvalue weighted by Gasteiger charge is -2.18. The third-order valence-electron chi connectivity index (χ3n) is 3.75. The lowest BCUT2D eigenvalue weighted by molar-refractivity contribution is 0.464. The van der Waals surface area contributed by atoms with E-state index in [4.69, 9.17) is 0 Å². The van der Waals surface area contributed by atoms with Crippen molar-refractivity contribution in [3.8, 4) is 0 Å². The monoisotopic (exact) mass is 349 g/mol. The summed E-state index contributed by atoms with van der Waals surface area (Å²) in [6.07, 6.45) is 6.41. The average molecular weight is 350 g/mol. The van der Waals surface area contributed by atoms with Gasteiger partial charge in [0, 0.05) is 6.54 Å². The zero-order valence-electron chi connectivity index (χ0n) is 12.8. The Labute approximate surface area is 135 Å². The summed E-state index contributed by atoms with van der Waals surface area (Å²) in [6.45, 7) is 3.15. The molecule has 0 radical (unpaired) electrons. The third-order valence-corrected chi connectivity index (χ3v) is 4.36. The van der Waals surface area contributed by atoms with Crippen molar-refractivity contribution in [1.29, 1.82) is 0 Å². The molecule has 2 aromatic rings. The van der Waals surface area contributed by atoms with Crippen molar-refractivity contribution < 1.29 is 0 Å². The van der Waals surface area contributed by atoms with Crippen molar-refractivity contribution in [2.75, 3.05) is 7.05 Å². The zero-order chi connectivity index (χ0) is 15.1. The zero-order valence-corrected chi connectivity index (χ0v) is 14.4. The van der Waals surface area contributed by atoms with Crippen LogP contribution in [0.1, 0.15) is 43.5 Å². The fourth-order valence-electron chi connectivity index (χ4n) is 2.68. The molecule has 114 valence electrons. The molecule has 0 fully saturated rings. The summed E-state index contributed by atoms with van der Waals surface area (Å²) >= 11 is 3.64. The number of nitrogens with one attached hydrogen (secondary N) is 1. The van der Waals surface area contributed by atoms with E-state index in [1.165, 1.54) is 17.7 Å². The van der Waals surface area contributed by atoms with E-state index in [1.807, 2.05) is 13.2 Å². The molecule has 0 saturated carbocycles. The fourth-order valence-corrected chi connectivity index (χ4v) is 3.25. The minimum atomic E-state index is 0.345. The second-order valence-electron chi connectivity index (χ2n) is 5.32. The Hall–Kier alpha value is -1.13. The van der Waals surface area contributed by atoms with Crippen LogP contribution in [-0.4, -0.2) is 16.8 Å². The Morgan fingerprint density at radius 2 is 2.05 bits per heavy atom. The molecule has 21 heavy (non-hydrogen) atoms. The average Bonchev–Trinajstić information content (AvgIpc) is 2.86. The van der Waals surface area contributed by atoms with Crippen molar-refractivity contribution in [3.05, 3.63) is 52.3 Å². The molecule has 1 aromatic carbocycles. The van der Waals surface area contributed by atoms with Gasteiger partial charge in [0.15, 0.2) is 0 Å². The van der Waals surface area contributed by atoms with Crippen molar-refractivity contribution in [1.82, 2.24) is 15.1 Å². The molecule has 1 unspecified atom stereocenters. The molecule has 0 spiro atoms. The van der Waals surface area contributed by atoms with Crippen LogP contribution >= 0.6 is 15.9 Å². The molecule has 0 aliphatic rings. The molecule has 1 aromatic heterocycles. The number of halogens is 1. The highest BCUT2D eigenvalue weighted by Crippen LogP contribution is 2.27. The van der Waals surface area contributed by atoms with Gasteiger partial charge in [-0.3, -0.25) is 4.68 Å². The molecule has 1 heterocycles. The summed E-state index contributed by atoms with van der Waals surface area (Å²) < 4.78 is 3.23. The van der Waals surface area contributed by atoms with Crippen LogP contribution in [0.25, 0.3) is 0 Å². The minimum absolute atomic E-state index is 0.345. The molecular weight excluding hydrogens is 326 g/mol. The van der Waals surface area contributed by atoms with Crippen LogP contribution < -0.4 is 5.32 Å². The van der Waals surface area contributed by atoms with Gasteiger partial charge in [0.25, 0.3) is 0 Å². The Morgan fingerprint density at radius 3 is 2.71 bits per heavy atom. The van der Waals surface area contributed by atoms with Crippen LogP contribution in [0.15, 0.2) is 41.0 Å². The summed E-state index contributed by atoms with van der Waals surface area (Å²) in [4.78, 5) is 0. The lowest BCUT2D eigenvalue weighted by atomic mass is 10.0.